The molecule has 0 aliphatic rings. The van der Waals surface area contributed by atoms with Crippen molar-refractivity contribution >= 4 is 29.5 Å². The van der Waals surface area contributed by atoms with Crippen molar-refractivity contribution in [2.45, 2.75) is 13.1 Å². The number of methoxy groups -OCH3 is 1. The molecule has 0 saturated heterocycles. The van der Waals surface area contributed by atoms with Crippen LogP contribution in [0.15, 0.2) is 47.8 Å². The van der Waals surface area contributed by atoms with Gasteiger partial charge in [-0.2, -0.15) is 5.10 Å². The van der Waals surface area contributed by atoms with E-state index in [9.17, 15) is 4.79 Å². The summed E-state index contributed by atoms with van der Waals surface area (Å²) in [6.45, 7) is 1.67. The van der Waals surface area contributed by atoms with Gasteiger partial charge in [-0.05, 0) is 29.2 Å². The predicted octanol–water partition coefficient (Wildman–Crippen LogP) is 3.34. The highest BCUT2D eigenvalue weighted by atomic mass is 32.1. The Morgan fingerprint density at radius 3 is 2.81 bits per heavy atom. The Labute approximate surface area is 161 Å². The van der Waals surface area contributed by atoms with Crippen LogP contribution in [0, 0.1) is 4.77 Å². The van der Waals surface area contributed by atoms with Crippen LogP contribution >= 0.6 is 23.6 Å². The van der Waals surface area contributed by atoms with E-state index in [0.717, 1.165) is 10.4 Å². The summed E-state index contributed by atoms with van der Waals surface area (Å²) < 4.78 is 7.35. The number of carbonyl (C=O) groups excluding carboxylic acids is 1. The molecule has 26 heavy (non-hydrogen) atoms. The lowest BCUT2D eigenvalue weighted by molar-refractivity contribution is -0.133. The Hall–Kier alpha value is -2.29. The number of nitrogens with zero attached hydrogens (tertiary/aromatic N) is 3. The third-order valence-corrected chi connectivity index (χ3v) is 5.10. The van der Waals surface area contributed by atoms with Crippen molar-refractivity contribution in [1.82, 2.24) is 19.7 Å². The fourth-order valence-electron chi connectivity index (χ4n) is 2.59. The van der Waals surface area contributed by atoms with E-state index in [2.05, 4.69) is 10.2 Å². The highest BCUT2D eigenvalue weighted by Gasteiger charge is 2.18. The zero-order valence-corrected chi connectivity index (χ0v) is 16.1. The lowest BCUT2D eigenvalue weighted by Gasteiger charge is -2.23. The molecule has 6 nitrogen and oxygen atoms in total. The minimum absolute atomic E-state index is 0.0267. The summed E-state index contributed by atoms with van der Waals surface area (Å²) in [5, 5.41) is 9.04. The van der Waals surface area contributed by atoms with E-state index in [1.807, 2.05) is 47.8 Å². The van der Waals surface area contributed by atoms with E-state index in [-0.39, 0.29) is 12.5 Å². The van der Waals surface area contributed by atoms with Crippen LogP contribution in [0.5, 0.6) is 0 Å². The van der Waals surface area contributed by atoms with E-state index in [1.54, 1.807) is 27.9 Å². The predicted molar refractivity (Wildman–Crippen MR) is 104 cm³/mol. The SMILES string of the molecule is COCCN(Cc1ccccc1)C(=O)Cn1c(-c2cccs2)n[nH]c1=S. The van der Waals surface area contributed by atoms with E-state index in [0.29, 0.717) is 30.3 Å². The fraction of sp³-hybridized carbons (Fsp3) is 0.278. The Morgan fingerprint density at radius 1 is 1.31 bits per heavy atom. The molecule has 3 rings (SSSR count). The number of amides is 1. The summed E-state index contributed by atoms with van der Waals surface area (Å²) in [4.78, 5) is 15.7. The van der Waals surface area contributed by atoms with Crippen molar-refractivity contribution in [2.75, 3.05) is 20.3 Å². The van der Waals surface area contributed by atoms with Gasteiger partial charge in [-0.1, -0.05) is 36.4 Å². The quantitative estimate of drug-likeness (QED) is 0.601. The largest absolute Gasteiger partial charge is 0.383 e. The van der Waals surface area contributed by atoms with E-state index >= 15 is 0 Å². The molecule has 0 bridgehead atoms. The number of benzene rings is 1. The molecule has 0 aliphatic heterocycles. The maximum absolute atomic E-state index is 13.0. The Bertz CT molecular complexity index is 888. The lowest BCUT2D eigenvalue weighted by atomic mass is 10.2. The molecule has 2 heterocycles. The van der Waals surface area contributed by atoms with E-state index < -0.39 is 0 Å². The summed E-state index contributed by atoms with van der Waals surface area (Å²) >= 11 is 6.88. The molecule has 0 unspecified atom stereocenters. The number of carbonyl (C=O) groups is 1. The van der Waals surface area contributed by atoms with Crippen molar-refractivity contribution in [1.29, 1.82) is 0 Å². The molecule has 1 N–H and O–H groups in total. The van der Waals surface area contributed by atoms with Crippen LogP contribution in [0.2, 0.25) is 0 Å². The number of aromatic amines is 1. The van der Waals surface area contributed by atoms with Gasteiger partial charge in [-0.3, -0.25) is 14.5 Å². The molecule has 8 heteroatoms. The Morgan fingerprint density at radius 2 is 2.12 bits per heavy atom. The summed E-state index contributed by atoms with van der Waals surface area (Å²) in [6, 6.07) is 13.8. The maximum atomic E-state index is 13.0. The first-order valence-corrected chi connectivity index (χ1v) is 9.47. The second-order valence-corrected chi connectivity index (χ2v) is 7.04. The first-order valence-electron chi connectivity index (χ1n) is 8.18. The normalized spacial score (nSPS) is 10.8. The first kappa shape index (κ1) is 18.5. The standard InChI is InChI=1S/C18H20N4O2S2/c1-24-10-9-21(12-14-6-3-2-4-7-14)16(23)13-22-17(19-20-18(22)25)15-8-5-11-26-15/h2-8,11H,9-10,12-13H2,1H3,(H,20,25). The van der Waals surface area contributed by atoms with E-state index in [1.165, 1.54) is 0 Å². The number of H-pyrrole nitrogens is 1. The molecule has 0 fully saturated rings. The first-order chi connectivity index (χ1) is 12.7. The van der Waals surface area contributed by atoms with Crippen LogP contribution in [0.25, 0.3) is 10.7 Å². The number of hydrogen-bond acceptors (Lipinski definition) is 5. The third-order valence-electron chi connectivity index (χ3n) is 3.93. The Balaban J connectivity index is 1.80. The summed E-state index contributed by atoms with van der Waals surface area (Å²) in [5.74, 6) is 0.658. The van der Waals surface area contributed by atoms with Gasteiger partial charge in [0.15, 0.2) is 10.6 Å². The van der Waals surface area contributed by atoms with Crippen LogP contribution < -0.4 is 0 Å². The molecule has 0 spiro atoms. The molecule has 2 aromatic heterocycles. The maximum Gasteiger partial charge on any atom is 0.243 e. The highest BCUT2D eigenvalue weighted by Crippen LogP contribution is 2.22. The average Bonchev–Trinajstić information content (AvgIpc) is 3.30. The van der Waals surface area contributed by atoms with Gasteiger partial charge >= 0.3 is 0 Å². The molecule has 136 valence electrons. The van der Waals surface area contributed by atoms with Crippen molar-refractivity contribution in [3.05, 3.63) is 58.2 Å². The van der Waals surface area contributed by atoms with Gasteiger partial charge in [0.25, 0.3) is 0 Å². The van der Waals surface area contributed by atoms with Gasteiger partial charge in [0, 0.05) is 20.2 Å². The average molecular weight is 389 g/mol. The zero-order valence-electron chi connectivity index (χ0n) is 14.4. The zero-order chi connectivity index (χ0) is 18.4. The molecule has 1 aromatic carbocycles. The molecule has 0 radical (unpaired) electrons. The number of thiophene rings is 1. The number of ether oxygens (including phenoxy) is 1. The second kappa shape index (κ2) is 8.88. The van der Waals surface area contributed by atoms with Crippen LogP contribution in [-0.2, 0) is 22.6 Å². The van der Waals surface area contributed by atoms with Crippen molar-refractivity contribution in [2.24, 2.45) is 0 Å². The van der Waals surface area contributed by atoms with Gasteiger partial charge in [-0.25, -0.2) is 0 Å². The van der Waals surface area contributed by atoms with Gasteiger partial charge < -0.3 is 9.64 Å². The van der Waals surface area contributed by atoms with E-state index in [4.69, 9.17) is 17.0 Å². The fourth-order valence-corrected chi connectivity index (χ4v) is 3.51. The van der Waals surface area contributed by atoms with Crippen LogP contribution in [0.4, 0.5) is 0 Å². The lowest BCUT2D eigenvalue weighted by Crippen LogP contribution is -2.36. The number of nitrogens with one attached hydrogen (secondary N) is 1. The molecule has 0 aliphatic carbocycles. The highest BCUT2D eigenvalue weighted by molar-refractivity contribution is 7.71. The van der Waals surface area contributed by atoms with Gasteiger partial charge in [-0.15, -0.1) is 11.3 Å². The molecular formula is C18H20N4O2S2. The topological polar surface area (TPSA) is 63.1 Å². The van der Waals surface area contributed by atoms with Crippen LogP contribution in [-0.4, -0.2) is 45.8 Å². The van der Waals surface area contributed by atoms with Crippen molar-refractivity contribution in [3.8, 4) is 10.7 Å². The van der Waals surface area contributed by atoms with Gasteiger partial charge in [0.2, 0.25) is 5.91 Å². The number of hydrogen-bond donors (Lipinski definition) is 1. The molecule has 1 amide bonds. The third kappa shape index (κ3) is 4.46. The molecule has 0 saturated carbocycles. The summed E-state index contributed by atoms with van der Waals surface area (Å²) in [7, 11) is 1.63. The van der Waals surface area contributed by atoms with Gasteiger partial charge in [0.1, 0.15) is 6.54 Å². The smallest absolute Gasteiger partial charge is 0.243 e. The van der Waals surface area contributed by atoms with Crippen molar-refractivity contribution in [3.63, 3.8) is 0 Å². The number of rotatable bonds is 8. The summed E-state index contributed by atoms with van der Waals surface area (Å²) in [6.07, 6.45) is 0. The number of aromatic nitrogens is 3. The summed E-state index contributed by atoms with van der Waals surface area (Å²) in [5.41, 5.74) is 1.08. The molecule has 3 aromatic rings. The minimum Gasteiger partial charge on any atom is -0.383 e. The monoisotopic (exact) mass is 388 g/mol. The van der Waals surface area contributed by atoms with Crippen LogP contribution in [0.1, 0.15) is 5.56 Å². The van der Waals surface area contributed by atoms with Crippen molar-refractivity contribution < 1.29 is 9.53 Å². The van der Waals surface area contributed by atoms with Gasteiger partial charge in [0.05, 0.1) is 11.5 Å². The molecule has 0 atom stereocenters. The molecular weight excluding hydrogens is 368 g/mol. The minimum atomic E-state index is -0.0267. The van der Waals surface area contributed by atoms with Crippen LogP contribution in [0.3, 0.4) is 0 Å². The Kier molecular flexibility index (Phi) is 6.32. The second-order valence-electron chi connectivity index (χ2n) is 5.71.